The van der Waals surface area contributed by atoms with Crippen LogP contribution in [0.1, 0.15) is 56.0 Å². The topological polar surface area (TPSA) is 56.3 Å². The first kappa shape index (κ1) is 28.6. The van der Waals surface area contributed by atoms with Gasteiger partial charge in [-0.3, -0.25) is 9.69 Å². The molecule has 216 valence electrons. The first-order valence-electron chi connectivity index (χ1n) is 15.1. The van der Waals surface area contributed by atoms with Crippen LogP contribution in [0.5, 0.6) is 0 Å². The molecule has 5 rings (SSSR count). The Balaban J connectivity index is 1.13. The van der Waals surface area contributed by atoms with Crippen molar-refractivity contribution >= 4 is 12.0 Å². The number of piperidine rings is 1. The summed E-state index contributed by atoms with van der Waals surface area (Å²) < 4.78 is 5.59. The molecule has 3 aliphatic heterocycles. The van der Waals surface area contributed by atoms with Crippen molar-refractivity contribution in [3.8, 4) is 0 Å². The Kier molecular flexibility index (Phi) is 9.11. The number of rotatable bonds is 6. The van der Waals surface area contributed by atoms with Crippen molar-refractivity contribution in [2.24, 2.45) is 5.92 Å². The number of piperazine rings is 1. The second kappa shape index (κ2) is 12.7. The van der Waals surface area contributed by atoms with Crippen molar-refractivity contribution in [3.63, 3.8) is 0 Å². The third kappa shape index (κ3) is 7.43. The molecule has 3 fully saturated rings. The van der Waals surface area contributed by atoms with Crippen LogP contribution in [0.3, 0.4) is 0 Å². The monoisotopic (exact) mass is 546 g/mol. The van der Waals surface area contributed by atoms with E-state index in [1.165, 1.54) is 5.56 Å². The largest absolute Gasteiger partial charge is 0.444 e. The maximum Gasteiger partial charge on any atom is 0.410 e. The van der Waals surface area contributed by atoms with Crippen molar-refractivity contribution in [1.82, 2.24) is 19.6 Å². The second-order valence-electron chi connectivity index (χ2n) is 12.8. The molecular formula is C33H46N4O3. The molecule has 0 saturated carbocycles. The molecule has 3 atom stereocenters. The lowest BCUT2D eigenvalue weighted by atomic mass is 9.86. The highest BCUT2D eigenvalue weighted by atomic mass is 16.6. The molecule has 7 heteroatoms. The summed E-state index contributed by atoms with van der Waals surface area (Å²) in [7, 11) is 0. The lowest BCUT2D eigenvalue weighted by Gasteiger charge is -2.43. The third-order valence-corrected chi connectivity index (χ3v) is 8.67. The van der Waals surface area contributed by atoms with Gasteiger partial charge in [0.1, 0.15) is 5.60 Å². The molecule has 3 heterocycles. The van der Waals surface area contributed by atoms with E-state index < -0.39 is 5.60 Å². The maximum absolute atomic E-state index is 13.5. The van der Waals surface area contributed by atoms with Crippen molar-refractivity contribution in [2.75, 3.05) is 52.4 Å². The predicted molar refractivity (Wildman–Crippen MR) is 158 cm³/mol. The minimum Gasteiger partial charge on any atom is -0.444 e. The van der Waals surface area contributed by atoms with E-state index in [1.807, 2.05) is 56.0 Å². The van der Waals surface area contributed by atoms with Crippen molar-refractivity contribution in [3.05, 3.63) is 71.8 Å². The lowest BCUT2D eigenvalue weighted by molar-refractivity contribution is 0.0258. The van der Waals surface area contributed by atoms with E-state index in [0.29, 0.717) is 12.0 Å². The van der Waals surface area contributed by atoms with Crippen LogP contribution in [-0.4, -0.2) is 102 Å². The standard InChI is InChI=1S/C33H46N4O3/c1-33(2,3)40-32(39)36-16-15-29(25-36)35-20-18-34(19-21-35)24-27-14-17-37(31(38)28-12-8-5-9-13-28)30(23-27)22-26-10-6-4-7-11-26/h4-13,27,29-30H,14-25H2,1-3H3. The fourth-order valence-electron chi connectivity index (χ4n) is 6.60. The fraction of sp³-hybridized carbons (Fsp3) is 0.576. The molecule has 0 N–H and O–H groups in total. The Labute approximate surface area is 240 Å². The molecule has 3 saturated heterocycles. The highest BCUT2D eigenvalue weighted by Gasteiger charge is 2.36. The van der Waals surface area contributed by atoms with Crippen LogP contribution in [0, 0.1) is 5.92 Å². The summed E-state index contributed by atoms with van der Waals surface area (Å²) in [5.74, 6) is 0.750. The number of carbonyl (C=O) groups is 2. The molecule has 0 spiro atoms. The number of amides is 2. The second-order valence-corrected chi connectivity index (χ2v) is 12.8. The average molecular weight is 547 g/mol. The Morgan fingerprint density at radius 1 is 0.850 bits per heavy atom. The van der Waals surface area contributed by atoms with Gasteiger partial charge in [0.2, 0.25) is 0 Å². The zero-order valence-electron chi connectivity index (χ0n) is 24.5. The van der Waals surface area contributed by atoms with Gasteiger partial charge in [-0.1, -0.05) is 48.5 Å². The summed E-state index contributed by atoms with van der Waals surface area (Å²) in [4.78, 5) is 35.2. The Bertz CT molecular complexity index is 1110. The summed E-state index contributed by atoms with van der Waals surface area (Å²) in [5, 5.41) is 0. The highest BCUT2D eigenvalue weighted by Crippen LogP contribution is 2.29. The minimum absolute atomic E-state index is 0.158. The highest BCUT2D eigenvalue weighted by molar-refractivity contribution is 5.94. The zero-order chi connectivity index (χ0) is 28.1. The minimum atomic E-state index is -0.452. The number of nitrogens with zero attached hydrogens (tertiary/aromatic N) is 4. The molecule has 3 aliphatic rings. The molecule has 2 amide bonds. The van der Waals surface area contributed by atoms with E-state index in [0.717, 1.165) is 83.6 Å². The smallest absolute Gasteiger partial charge is 0.410 e. The molecule has 3 unspecified atom stereocenters. The fourth-order valence-corrected chi connectivity index (χ4v) is 6.60. The van der Waals surface area contributed by atoms with Gasteiger partial charge < -0.3 is 19.4 Å². The van der Waals surface area contributed by atoms with Crippen LogP contribution in [0.2, 0.25) is 0 Å². The van der Waals surface area contributed by atoms with Crippen LogP contribution in [0.25, 0.3) is 0 Å². The Morgan fingerprint density at radius 2 is 1.52 bits per heavy atom. The van der Waals surface area contributed by atoms with Gasteiger partial charge in [0.05, 0.1) is 0 Å². The van der Waals surface area contributed by atoms with Gasteiger partial charge >= 0.3 is 6.09 Å². The van der Waals surface area contributed by atoms with Crippen LogP contribution >= 0.6 is 0 Å². The van der Waals surface area contributed by atoms with E-state index in [9.17, 15) is 9.59 Å². The van der Waals surface area contributed by atoms with Crippen molar-refractivity contribution < 1.29 is 14.3 Å². The van der Waals surface area contributed by atoms with Gasteiger partial charge in [0.15, 0.2) is 0 Å². The molecule has 40 heavy (non-hydrogen) atoms. The summed E-state index contributed by atoms with van der Waals surface area (Å²) in [6.45, 7) is 13.5. The Morgan fingerprint density at radius 3 is 2.20 bits per heavy atom. The number of benzene rings is 2. The summed E-state index contributed by atoms with van der Waals surface area (Å²) in [5.41, 5.74) is 1.63. The van der Waals surface area contributed by atoms with Crippen molar-refractivity contribution in [1.29, 1.82) is 0 Å². The lowest BCUT2D eigenvalue weighted by Crippen LogP contribution is -2.53. The van der Waals surface area contributed by atoms with Crippen LogP contribution in [-0.2, 0) is 11.2 Å². The molecule has 0 radical (unpaired) electrons. The van der Waals surface area contributed by atoms with Gasteiger partial charge in [-0.2, -0.15) is 0 Å². The van der Waals surface area contributed by atoms with Gasteiger partial charge in [0.25, 0.3) is 5.91 Å². The van der Waals surface area contributed by atoms with E-state index in [2.05, 4.69) is 45.0 Å². The SMILES string of the molecule is CC(C)(C)OC(=O)N1CCC(N2CCN(CC3CCN(C(=O)c4ccccc4)C(Cc4ccccc4)C3)CC2)C1. The van der Waals surface area contributed by atoms with Gasteiger partial charge in [-0.05, 0) is 70.1 Å². The first-order valence-corrected chi connectivity index (χ1v) is 15.1. The molecule has 0 aliphatic carbocycles. The van der Waals surface area contributed by atoms with Gasteiger partial charge in [0, 0.05) is 70.0 Å². The van der Waals surface area contributed by atoms with Crippen LogP contribution in [0.4, 0.5) is 4.79 Å². The normalized spacial score (nSPS) is 24.7. The quantitative estimate of drug-likeness (QED) is 0.522. The summed E-state index contributed by atoms with van der Waals surface area (Å²) in [6.07, 6.45) is 3.84. The molecule has 0 bridgehead atoms. The van der Waals surface area contributed by atoms with Gasteiger partial charge in [-0.15, -0.1) is 0 Å². The summed E-state index contributed by atoms with van der Waals surface area (Å²) in [6, 6.07) is 21.0. The van der Waals surface area contributed by atoms with E-state index >= 15 is 0 Å². The molecule has 7 nitrogen and oxygen atoms in total. The molecule has 2 aromatic rings. The maximum atomic E-state index is 13.5. The number of carbonyl (C=O) groups excluding carboxylic acids is 2. The average Bonchev–Trinajstić information content (AvgIpc) is 3.44. The number of hydrogen-bond donors (Lipinski definition) is 0. The first-order chi connectivity index (χ1) is 19.2. The summed E-state index contributed by atoms with van der Waals surface area (Å²) >= 11 is 0. The number of ether oxygens (including phenoxy) is 1. The molecule has 2 aromatic carbocycles. The van der Waals surface area contributed by atoms with Gasteiger partial charge in [-0.25, -0.2) is 4.79 Å². The van der Waals surface area contributed by atoms with Crippen LogP contribution < -0.4 is 0 Å². The molecular weight excluding hydrogens is 500 g/mol. The van der Waals surface area contributed by atoms with E-state index in [-0.39, 0.29) is 18.0 Å². The Hall–Kier alpha value is -2.90. The third-order valence-electron chi connectivity index (χ3n) is 8.67. The number of hydrogen-bond acceptors (Lipinski definition) is 5. The van der Waals surface area contributed by atoms with E-state index in [4.69, 9.17) is 4.74 Å². The van der Waals surface area contributed by atoms with E-state index in [1.54, 1.807) is 0 Å². The molecule has 0 aromatic heterocycles. The number of likely N-dealkylation sites (tertiary alicyclic amines) is 2. The predicted octanol–water partition coefficient (Wildman–Crippen LogP) is 4.78. The zero-order valence-corrected chi connectivity index (χ0v) is 24.5. The van der Waals surface area contributed by atoms with Crippen molar-refractivity contribution in [2.45, 2.75) is 64.1 Å². The van der Waals surface area contributed by atoms with Crippen LogP contribution in [0.15, 0.2) is 60.7 Å².